The molecular weight excluding hydrogens is 422 g/mol. The number of amidine groups is 1. The Balaban J connectivity index is 1.81. The van der Waals surface area contributed by atoms with E-state index in [-0.39, 0.29) is 30.2 Å². The van der Waals surface area contributed by atoms with Crippen molar-refractivity contribution in [1.29, 1.82) is 0 Å². The first kappa shape index (κ1) is 21.8. The number of nitro benzene ring substituents is 2. The second-order valence-electron chi connectivity index (χ2n) is 6.41. The lowest BCUT2D eigenvalue weighted by Gasteiger charge is -2.12. The van der Waals surface area contributed by atoms with Gasteiger partial charge in [-0.3, -0.25) is 29.9 Å². The van der Waals surface area contributed by atoms with Crippen LogP contribution < -0.4 is 0 Å². The number of hydrogen-bond donors (Lipinski definition) is 0. The van der Waals surface area contributed by atoms with E-state index in [2.05, 4.69) is 16.8 Å². The van der Waals surface area contributed by atoms with Gasteiger partial charge in [-0.05, 0) is 0 Å². The summed E-state index contributed by atoms with van der Waals surface area (Å²) in [7, 11) is 0. The second kappa shape index (κ2) is 9.76. The first-order valence-corrected chi connectivity index (χ1v) is 9.95. The van der Waals surface area contributed by atoms with Gasteiger partial charge in [0.25, 0.3) is 11.4 Å². The summed E-state index contributed by atoms with van der Waals surface area (Å²) in [6, 6.07) is 12.2. The van der Waals surface area contributed by atoms with Crippen LogP contribution in [0.25, 0.3) is 0 Å². The maximum absolute atomic E-state index is 12.8. The topological polar surface area (TPSA) is 131 Å². The summed E-state index contributed by atoms with van der Waals surface area (Å²) >= 11 is 1.16. The van der Waals surface area contributed by atoms with Crippen molar-refractivity contribution in [3.05, 3.63) is 92.5 Å². The summed E-state index contributed by atoms with van der Waals surface area (Å²) < 4.78 is 0. The van der Waals surface area contributed by atoms with Crippen molar-refractivity contribution in [1.82, 2.24) is 4.90 Å². The number of hydrogen-bond acceptors (Lipinski definition) is 8. The van der Waals surface area contributed by atoms with Gasteiger partial charge >= 0.3 is 0 Å². The van der Waals surface area contributed by atoms with E-state index >= 15 is 0 Å². The number of nitrogens with zero attached hydrogens (tertiary/aromatic N) is 5. The van der Waals surface area contributed by atoms with E-state index in [4.69, 9.17) is 0 Å². The third kappa shape index (κ3) is 5.20. The lowest BCUT2D eigenvalue weighted by Crippen LogP contribution is -2.32. The Labute approximate surface area is 181 Å². The average Bonchev–Trinajstić information content (AvgIpc) is 3.03. The van der Waals surface area contributed by atoms with Crippen molar-refractivity contribution in [2.75, 3.05) is 6.54 Å². The number of para-hydroxylation sites is 1. The van der Waals surface area contributed by atoms with Gasteiger partial charge in [-0.2, -0.15) is 5.10 Å². The molecule has 10 nitrogen and oxygen atoms in total. The highest BCUT2D eigenvalue weighted by molar-refractivity contribution is 8.15. The van der Waals surface area contributed by atoms with Gasteiger partial charge in [0.05, 0.1) is 21.3 Å². The highest BCUT2D eigenvalue weighted by atomic mass is 32.2. The average molecular weight is 439 g/mol. The molecule has 0 N–H and O–H groups in total. The van der Waals surface area contributed by atoms with Crippen LogP contribution in [-0.2, 0) is 11.2 Å². The Bertz CT molecular complexity index is 1100. The molecule has 1 aliphatic rings. The summed E-state index contributed by atoms with van der Waals surface area (Å²) in [5.74, 6) is -0.243. The zero-order valence-corrected chi connectivity index (χ0v) is 17.0. The molecule has 1 fully saturated rings. The summed E-state index contributed by atoms with van der Waals surface area (Å²) in [5, 5.41) is 29.9. The third-order valence-corrected chi connectivity index (χ3v) is 5.52. The summed E-state index contributed by atoms with van der Waals surface area (Å²) in [5.41, 5.74) is 0.831. The highest BCUT2D eigenvalue weighted by Gasteiger charge is 2.38. The molecule has 1 aliphatic heterocycles. The molecule has 2 aromatic rings. The number of nitro groups is 2. The van der Waals surface area contributed by atoms with Crippen molar-refractivity contribution in [2.45, 2.75) is 11.7 Å². The van der Waals surface area contributed by atoms with Gasteiger partial charge in [-0.1, -0.05) is 48.2 Å². The maximum atomic E-state index is 12.8. The van der Waals surface area contributed by atoms with Gasteiger partial charge in [0.15, 0.2) is 5.17 Å². The quantitative estimate of drug-likeness (QED) is 0.267. The molecule has 1 heterocycles. The monoisotopic (exact) mass is 439 g/mol. The SMILES string of the molecule is C=CCN1C(=O)[C@H](Cc2ccccc2[N+](=O)[O-])S/C1=N\N=C/c1cccc([N+](=O)[O-])c1. The van der Waals surface area contributed by atoms with Gasteiger partial charge in [0.1, 0.15) is 0 Å². The fraction of sp³-hybridized carbons (Fsp3) is 0.150. The highest BCUT2D eigenvalue weighted by Crippen LogP contribution is 2.32. The summed E-state index contributed by atoms with van der Waals surface area (Å²) in [6.45, 7) is 3.86. The van der Waals surface area contributed by atoms with Crippen molar-refractivity contribution >= 4 is 40.4 Å². The fourth-order valence-corrected chi connectivity index (χ4v) is 4.07. The first-order valence-electron chi connectivity index (χ1n) is 9.07. The first-order chi connectivity index (χ1) is 14.9. The molecule has 0 aromatic heterocycles. The van der Waals surface area contributed by atoms with Crippen LogP contribution >= 0.6 is 11.8 Å². The molecule has 3 rings (SSSR count). The van der Waals surface area contributed by atoms with Gasteiger partial charge in [0, 0.05) is 42.3 Å². The molecule has 0 aliphatic carbocycles. The molecule has 0 radical (unpaired) electrons. The van der Waals surface area contributed by atoms with Crippen molar-refractivity contribution in [3.63, 3.8) is 0 Å². The molecule has 0 bridgehead atoms. The van der Waals surface area contributed by atoms with E-state index in [1.807, 2.05) is 0 Å². The lowest BCUT2D eigenvalue weighted by atomic mass is 10.1. The second-order valence-corrected chi connectivity index (χ2v) is 7.58. The van der Waals surface area contributed by atoms with Crippen LogP contribution in [0.1, 0.15) is 11.1 Å². The minimum absolute atomic E-state index is 0.0414. The molecular formula is C20H17N5O5S. The Hall–Kier alpha value is -3.86. The molecule has 158 valence electrons. The molecule has 1 saturated heterocycles. The molecule has 0 spiro atoms. The zero-order valence-electron chi connectivity index (χ0n) is 16.2. The molecule has 0 unspecified atom stereocenters. The predicted octanol–water partition coefficient (Wildman–Crippen LogP) is 3.57. The Morgan fingerprint density at radius 2 is 1.90 bits per heavy atom. The molecule has 2 aromatic carbocycles. The van der Waals surface area contributed by atoms with Crippen LogP contribution in [0.5, 0.6) is 0 Å². The van der Waals surface area contributed by atoms with Crippen LogP contribution in [0.4, 0.5) is 11.4 Å². The van der Waals surface area contributed by atoms with Crippen LogP contribution in [0, 0.1) is 20.2 Å². The number of carbonyl (C=O) groups excluding carboxylic acids is 1. The predicted molar refractivity (Wildman–Crippen MR) is 118 cm³/mol. The van der Waals surface area contributed by atoms with Crippen LogP contribution in [-0.4, -0.2) is 43.8 Å². The number of rotatable bonds is 8. The Kier molecular flexibility index (Phi) is 6.88. The number of benzene rings is 2. The van der Waals surface area contributed by atoms with Gasteiger partial charge in [0.2, 0.25) is 5.91 Å². The summed E-state index contributed by atoms with van der Waals surface area (Å²) in [4.78, 5) is 35.4. The maximum Gasteiger partial charge on any atom is 0.272 e. The Morgan fingerprint density at radius 1 is 1.13 bits per heavy atom. The largest absolute Gasteiger partial charge is 0.285 e. The smallest absolute Gasteiger partial charge is 0.272 e. The van der Waals surface area contributed by atoms with Crippen LogP contribution in [0.15, 0.2) is 71.4 Å². The van der Waals surface area contributed by atoms with Crippen molar-refractivity contribution in [2.24, 2.45) is 10.2 Å². The van der Waals surface area contributed by atoms with Gasteiger partial charge < -0.3 is 0 Å². The zero-order chi connectivity index (χ0) is 22.4. The van der Waals surface area contributed by atoms with Crippen molar-refractivity contribution < 1.29 is 14.6 Å². The van der Waals surface area contributed by atoms with Gasteiger partial charge in [-0.25, -0.2) is 0 Å². The van der Waals surface area contributed by atoms with E-state index in [9.17, 15) is 25.0 Å². The molecule has 1 amide bonds. The fourth-order valence-electron chi connectivity index (χ4n) is 2.94. The molecule has 1 atom stereocenters. The van der Waals surface area contributed by atoms with Crippen LogP contribution in [0.3, 0.4) is 0 Å². The number of non-ortho nitro benzene ring substituents is 1. The van der Waals surface area contributed by atoms with Gasteiger partial charge in [-0.15, -0.1) is 11.7 Å². The summed E-state index contributed by atoms with van der Waals surface area (Å²) in [6.07, 6.45) is 3.07. The number of carbonyl (C=O) groups is 1. The van der Waals surface area contributed by atoms with Crippen LogP contribution in [0.2, 0.25) is 0 Å². The molecule has 0 saturated carbocycles. The minimum Gasteiger partial charge on any atom is -0.285 e. The third-order valence-electron chi connectivity index (χ3n) is 4.36. The normalized spacial score (nSPS) is 17.4. The minimum atomic E-state index is -0.590. The van der Waals surface area contributed by atoms with E-state index in [0.29, 0.717) is 16.3 Å². The standard InChI is InChI=1S/C20H17N5O5S/c1-2-10-23-19(26)18(12-15-7-3-4-9-17(15)25(29)30)31-20(23)22-21-13-14-6-5-8-16(11-14)24(27)28/h2-9,11,13,18H,1,10,12H2/b21-13-,22-20-/t18-/m0/s1. The van der Waals surface area contributed by atoms with E-state index in [0.717, 1.165) is 11.8 Å². The number of amides is 1. The van der Waals surface area contributed by atoms with E-state index < -0.39 is 15.1 Å². The number of thioether (sulfide) groups is 1. The Morgan fingerprint density at radius 3 is 2.61 bits per heavy atom. The lowest BCUT2D eigenvalue weighted by molar-refractivity contribution is -0.385. The van der Waals surface area contributed by atoms with Crippen molar-refractivity contribution in [3.8, 4) is 0 Å². The molecule has 11 heteroatoms. The molecule has 31 heavy (non-hydrogen) atoms. The van der Waals surface area contributed by atoms with E-state index in [1.54, 1.807) is 30.3 Å². The van der Waals surface area contributed by atoms with E-state index in [1.165, 1.54) is 35.4 Å².